The molecule has 192 valence electrons. The van der Waals surface area contributed by atoms with Gasteiger partial charge in [-0.2, -0.15) is 0 Å². The topological polar surface area (TPSA) is 99.0 Å². The number of nitro benzene ring substituents is 1. The van der Waals surface area contributed by atoms with Gasteiger partial charge in [0.25, 0.3) is 5.69 Å². The number of carbonyl (C=O) groups is 2. The third kappa shape index (κ3) is 4.43. The Hall–Kier alpha value is -4.20. The zero-order valence-corrected chi connectivity index (χ0v) is 21.8. The maximum Gasteiger partial charge on any atom is 0.339 e. The molecule has 0 N–H and O–H groups in total. The van der Waals surface area contributed by atoms with Gasteiger partial charge in [-0.3, -0.25) is 10.1 Å². The first-order valence-electron chi connectivity index (χ1n) is 11.9. The predicted octanol–water partition coefficient (Wildman–Crippen LogP) is 6.60. The molecule has 0 aromatic heterocycles. The fraction of sp³-hybridized carbons (Fsp3) is 0.310. The van der Waals surface area contributed by atoms with Gasteiger partial charge in [-0.15, -0.1) is 0 Å². The van der Waals surface area contributed by atoms with E-state index in [9.17, 15) is 19.7 Å². The van der Waals surface area contributed by atoms with E-state index >= 15 is 0 Å². The van der Waals surface area contributed by atoms with E-state index in [4.69, 9.17) is 9.47 Å². The minimum atomic E-state index is -0.610. The Bertz CT molecular complexity index is 1350. The molecule has 8 heteroatoms. The smallest absolute Gasteiger partial charge is 0.339 e. The highest BCUT2D eigenvalue weighted by Gasteiger charge is 2.44. The van der Waals surface area contributed by atoms with Crippen LogP contribution in [0.4, 0.5) is 22.7 Å². The summed E-state index contributed by atoms with van der Waals surface area (Å²) < 4.78 is 10.0. The van der Waals surface area contributed by atoms with Crippen molar-refractivity contribution in [3.05, 3.63) is 93.0 Å². The normalized spacial score (nSPS) is 15.0. The molecule has 3 aromatic carbocycles. The Morgan fingerprint density at radius 1 is 0.784 bits per heavy atom. The molecule has 37 heavy (non-hydrogen) atoms. The molecule has 0 bridgehead atoms. The Morgan fingerprint density at radius 2 is 1.22 bits per heavy atom. The van der Waals surface area contributed by atoms with Gasteiger partial charge in [-0.05, 0) is 58.7 Å². The molecule has 0 amide bonds. The van der Waals surface area contributed by atoms with Crippen molar-refractivity contribution in [2.24, 2.45) is 0 Å². The average molecular weight is 503 g/mol. The SMILES string of the molecule is COC(=O)c1ccccc1N(c1ccccc1C(=O)OC)c1cc2c(cc1[N+](=O)[O-])C(C)(C)CC2(C)C. The van der Waals surface area contributed by atoms with Crippen LogP contribution in [0.5, 0.6) is 0 Å². The fourth-order valence-corrected chi connectivity index (χ4v) is 5.61. The van der Waals surface area contributed by atoms with E-state index in [2.05, 4.69) is 27.7 Å². The van der Waals surface area contributed by atoms with Crippen LogP contribution >= 0.6 is 0 Å². The van der Waals surface area contributed by atoms with Crippen LogP contribution in [-0.4, -0.2) is 31.1 Å². The number of para-hydroxylation sites is 2. The van der Waals surface area contributed by atoms with E-state index in [1.807, 2.05) is 6.07 Å². The van der Waals surface area contributed by atoms with Crippen LogP contribution in [0, 0.1) is 10.1 Å². The van der Waals surface area contributed by atoms with Crippen molar-refractivity contribution in [1.29, 1.82) is 0 Å². The molecule has 1 aliphatic rings. The van der Waals surface area contributed by atoms with Crippen LogP contribution in [-0.2, 0) is 20.3 Å². The van der Waals surface area contributed by atoms with Gasteiger partial charge < -0.3 is 14.4 Å². The number of anilines is 3. The second kappa shape index (κ2) is 9.35. The average Bonchev–Trinajstić information content (AvgIpc) is 3.06. The number of carbonyl (C=O) groups excluding carboxylic acids is 2. The van der Waals surface area contributed by atoms with E-state index in [-0.39, 0.29) is 33.3 Å². The van der Waals surface area contributed by atoms with Crippen molar-refractivity contribution in [3.8, 4) is 0 Å². The molecule has 8 nitrogen and oxygen atoms in total. The van der Waals surface area contributed by atoms with Gasteiger partial charge >= 0.3 is 11.9 Å². The number of nitrogens with zero attached hydrogens (tertiary/aromatic N) is 2. The van der Waals surface area contributed by atoms with E-state index in [1.165, 1.54) is 14.2 Å². The van der Waals surface area contributed by atoms with Gasteiger partial charge in [0.05, 0.1) is 41.6 Å². The van der Waals surface area contributed by atoms with E-state index in [0.717, 1.165) is 17.5 Å². The number of ether oxygens (including phenoxy) is 2. The predicted molar refractivity (Wildman–Crippen MR) is 141 cm³/mol. The Kier molecular flexibility index (Phi) is 6.54. The van der Waals surface area contributed by atoms with Crippen LogP contribution < -0.4 is 4.90 Å². The summed E-state index contributed by atoms with van der Waals surface area (Å²) in [4.78, 5) is 39.3. The van der Waals surface area contributed by atoms with E-state index < -0.39 is 16.9 Å². The van der Waals surface area contributed by atoms with Crippen LogP contribution in [0.3, 0.4) is 0 Å². The zero-order valence-electron chi connectivity index (χ0n) is 21.8. The molecule has 0 aliphatic heterocycles. The third-order valence-electron chi connectivity index (χ3n) is 6.99. The monoisotopic (exact) mass is 502 g/mol. The molecule has 0 saturated heterocycles. The van der Waals surface area contributed by atoms with Crippen LogP contribution in [0.1, 0.15) is 66.0 Å². The summed E-state index contributed by atoms with van der Waals surface area (Å²) in [5, 5.41) is 12.5. The summed E-state index contributed by atoms with van der Waals surface area (Å²) in [6, 6.07) is 16.8. The lowest BCUT2D eigenvalue weighted by molar-refractivity contribution is -0.384. The number of nitro groups is 1. The molecule has 0 saturated carbocycles. The number of hydrogen-bond donors (Lipinski definition) is 0. The molecule has 0 radical (unpaired) electrons. The molecular formula is C29H30N2O6. The minimum absolute atomic E-state index is 0.135. The minimum Gasteiger partial charge on any atom is -0.465 e. The standard InChI is InChI=1S/C29H30N2O6/c1-28(2)17-29(3,4)21-16-25(31(34)35)24(15-20(21)28)30(22-13-9-7-11-18(22)26(32)36-5)23-14-10-8-12-19(23)27(33)37-6/h7-16H,17H2,1-6H3. The highest BCUT2D eigenvalue weighted by molar-refractivity contribution is 6.03. The number of rotatable bonds is 6. The molecule has 4 rings (SSSR count). The van der Waals surface area contributed by atoms with Gasteiger partial charge in [0.1, 0.15) is 5.69 Å². The number of benzene rings is 3. The van der Waals surface area contributed by atoms with E-state index in [1.54, 1.807) is 59.5 Å². The molecule has 0 spiro atoms. The van der Waals surface area contributed by atoms with Crippen LogP contribution in [0.2, 0.25) is 0 Å². The summed E-state index contributed by atoms with van der Waals surface area (Å²) in [7, 11) is 2.54. The van der Waals surface area contributed by atoms with Gasteiger partial charge in [-0.1, -0.05) is 52.0 Å². The van der Waals surface area contributed by atoms with Crippen LogP contribution in [0.15, 0.2) is 60.7 Å². The molecular weight excluding hydrogens is 472 g/mol. The first kappa shape index (κ1) is 25.9. The molecule has 0 unspecified atom stereocenters. The van der Waals surface area contributed by atoms with Crippen molar-refractivity contribution >= 4 is 34.7 Å². The lowest BCUT2D eigenvalue weighted by Gasteiger charge is -2.29. The summed E-state index contributed by atoms with van der Waals surface area (Å²) >= 11 is 0. The summed E-state index contributed by atoms with van der Waals surface area (Å²) in [6.45, 7) is 8.40. The Balaban J connectivity index is 2.14. The quantitative estimate of drug-likeness (QED) is 0.213. The second-order valence-electron chi connectivity index (χ2n) is 10.4. The first-order valence-corrected chi connectivity index (χ1v) is 11.9. The van der Waals surface area contributed by atoms with Crippen molar-refractivity contribution in [1.82, 2.24) is 0 Å². The van der Waals surface area contributed by atoms with Crippen molar-refractivity contribution in [3.63, 3.8) is 0 Å². The molecule has 0 atom stereocenters. The number of fused-ring (bicyclic) bond motifs is 1. The van der Waals surface area contributed by atoms with Gasteiger partial charge in [0, 0.05) is 6.07 Å². The molecule has 0 heterocycles. The van der Waals surface area contributed by atoms with Crippen LogP contribution in [0.25, 0.3) is 0 Å². The lowest BCUT2D eigenvalue weighted by atomic mass is 9.82. The summed E-state index contributed by atoms with van der Waals surface area (Å²) in [5.41, 5.74) is 2.54. The summed E-state index contributed by atoms with van der Waals surface area (Å²) in [5.74, 6) is -1.22. The largest absolute Gasteiger partial charge is 0.465 e. The van der Waals surface area contributed by atoms with Crippen molar-refractivity contribution in [2.45, 2.75) is 44.9 Å². The van der Waals surface area contributed by atoms with Crippen molar-refractivity contribution < 1.29 is 24.0 Å². The highest BCUT2D eigenvalue weighted by Crippen LogP contribution is 2.54. The van der Waals surface area contributed by atoms with Gasteiger partial charge in [0.15, 0.2) is 0 Å². The molecule has 1 aliphatic carbocycles. The van der Waals surface area contributed by atoms with Gasteiger partial charge in [-0.25, -0.2) is 9.59 Å². The Labute approximate surface area is 216 Å². The van der Waals surface area contributed by atoms with E-state index in [0.29, 0.717) is 11.4 Å². The fourth-order valence-electron chi connectivity index (χ4n) is 5.61. The lowest BCUT2D eigenvalue weighted by Crippen LogP contribution is -2.20. The highest BCUT2D eigenvalue weighted by atomic mass is 16.6. The zero-order chi connectivity index (χ0) is 27.1. The maximum absolute atomic E-state index is 12.8. The third-order valence-corrected chi connectivity index (χ3v) is 6.99. The van der Waals surface area contributed by atoms with Crippen molar-refractivity contribution in [2.75, 3.05) is 19.1 Å². The molecule has 0 fully saturated rings. The number of methoxy groups -OCH3 is 2. The summed E-state index contributed by atoms with van der Waals surface area (Å²) in [6.07, 6.45) is 0.813. The first-order chi connectivity index (χ1) is 17.4. The molecule has 3 aromatic rings. The maximum atomic E-state index is 12.8. The Morgan fingerprint density at radius 3 is 1.65 bits per heavy atom. The number of hydrogen-bond acceptors (Lipinski definition) is 7. The second-order valence-corrected chi connectivity index (χ2v) is 10.4. The van der Waals surface area contributed by atoms with Gasteiger partial charge in [0.2, 0.25) is 0 Å². The number of esters is 2.